The highest BCUT2D eigenvalue weighted by Gasteiger charge is 2.22. The van der Waals surface area contributed by atoms with Gasteiger partial charge in [-0.25, -0.2) is 9.97 Å². The number of hydrogen-bond donors (Lipinski definition) is 1. The molecule has 3 nitrogen and oxygen atoms in total. The molecule has 0 saturated heterocycles. The maximum absolute atomic E-state index is 4.74. The minimum absolute atomic E-state index is 0.789. The molecule has 1 N–H and O–H groups in total. The van der Waals surface area contributed by atoms with Gasteiger partial charge in [-0.1, -0.05) is 95.2 Å². The van der Waals surface area contributed by atoms with Gasteiger partial charge in [0.25, 0.3) is 0 Å². The van der Waals surface area contributed by atoms with E-state index in [2.05, 4.69) is 56.5 Å². The van der Waals surface area contributed by atoms with Crippen LogP contribution >= 0.6 is 0 Å². The largest absolute Gasteiger partial charge is 0.319 e. The molecular weight excluding hydrogens is 426 g/mol. The maximum atomic E-state index is 4.74. The Bertz CT molecular complexity index is 875. The summed E-state index contributed by atoms with van der Waals surface area (Å²) < 4.78 is 0. The van der Waals surface area contributed by atoms with Crippen molar-refractivity contribution in [2.75, 3.05) is 13.6 Å². The summed E-state index contributed by atoms with van der Waals surface area (Å²) in [4.78, 5) is 9.48. The molecule has 3 heteroatoms. The molecule has 1 saturated carbocycles. The molecule has 0 radical (unpaired) electrons. The Morgan fingerprint density at radius 1 is 1.11 bits per heavy atom. The Balaban J connectivity index is 1.54. The van der Waals surface area contributed by atoms with E-state index < -0.39 is 0 Å². The molecule has 0 bridgehead atoms. The minimum atomic E-state index is 0.789. The fraction of sp³-hybridized carbons (Fsp3) is 0.625. The molecule has 1 fully saturated rings. The van der Waals surface area contributed by atoms with Crippen LogP contribution in [-0.4, -0.2) is 23.6 Å². The van der Waals surface area contributed by atoms with Crippen LogP contribution in [0.25, 0.3) is 5.57 Å². The van der Waals surface area contributed by atoms with E-state index in [1.165, 1.54) is 73.6 Å². The van der Waals surface area contributed by atoms with E-state index in [-0.39, 0.29) is 0 Å². The van der Waals surface area contributed by atoms with Crippen LogP contribution in [0.15, 0.2) is 53.9 Å². The van der Waals surface area contributed by atoms with E-state index in [9.17, 15) is 0 Å². The van der Waals surface area contributed by atoms with Crippen molar-refractivity contribution >= 4 is 5.57 Å². The number of allylic oxidation sites excluding steroid dienone is 7. The van der Waals surface area contributed by atoms with Crippen molar-refractivity contribution < 1.29 is 0 Å². The highest BCUT2D eigenvalue weighted by molar-refractivity contribution is 5.64. The van der Waals surface area contributed by atoms with Gasteiger partial charge >= 0.3 is 0 Å². The fourth-order valence-electron chi connectivity index (χ4n) is 5.70. The first kappa shape index (κ1) is 27.6. The van der Waals surface area contributed by atoms with Crippen LogP contribution in [0, 0.1) is 17.8 Å². The molecule has 0 aromatic carbocycles. The third-order valence-corrected chi connectivity index (χ3v) is 8.12. The SMILES string of the molecule is CCCC1CCCC(C(C)C/C=C(\CC)Cc2cnc(C3=CC=C(CCNC)C=CC3)nc2)CC1. The average Bonchev–Trinajstić information content (AvgIpc) is 3.27. The zero-order valence-electron chi connectivity index (χ0n) is 22.9. The predicted octanol–water partition coefficient (Wildman–Crippen LogP) is 8.26. The van der Waals surface area contributed by atoms with Crippen LogP contribution in [0.4, 0.5) is 0 Å². The van der Waals surface area contributed by atoms with Gasteiger partial charge in [0.05, 0.1) is 0 Å². The second-order valence-corrected chi connectivity index (χ2v) is 10.8. The topological polar surface area (TPSA) is 37.8 Å². The Morgan fingerprint density at radius 2 is 1.94 bits per heavy atom. The Morgan fingerprint density at radius 3 is 2.69 bits per heavy atom. The third kappa shape index (κ3) is 9.18. The van der Waals surface area contributed by atoms with Gasteiger partial charge in [-0.15, -0.1) is 0 Å². The van der Waals surface area contributed by atoms with E-state index in [0.29, 0.717) is 0 Å². The van der Waals surface area contributed by atoms with Crippen LogP contribution in [0.3, 0.4) is 0 Å². The van der Waals surface area contributed by atoms with Crippen LogP contribution in [0.1, 0.15) is 103 Å². The van der Waals surface area contributed by atoms with Crippen molar-refractivity contribution in [3.63, 3.8) is 0 Å². The molecular formula is C32H49N3. The fourth-order valence-corrected chi connectivity index (χ4v) is 5.70. The summed E-state index contributed by atoms with van der Waals surface area (Å²) in [6.07, 6.45) is 30.7. The van der Waals surface area contributed by atoms with Crippen LogP contribution in [0.5, 0.6) is 0 Å². The Kier molecular flexibility index (Phi) is 12.0. The zero-order chi connectivity index (χ0) is 24.9. The van der Waals surface area contributed by atoms with Crippen molar-refractivity contribution in [3.05, 3.63) is 65.3 Å². The van der Waals surface area contributed by atoms with Crippen LogP contribution in [-0.2, 0) is 6.42 Å². The van der Waals surface area contributed by atoms with E-state index in [0.717, 1.165) is 55.8 Å². The van der Waals surface area contributed by atoms with Gasteiger partial charge < -0.3 is 5.32 Å². The normalized spacial score (nSPS) is 22.2. The summed E-state index contributed by atoms with van der Waals surface area (Å²) in [5, 5.41) is 3.22. The lowest BCUT2D eigenvalue weighted by Crippen LogP contribution is -2.11. The zero-order valence-corrected chi connectivity index (χ0v) is 22.9. The Labute approximate surface area is 215 Å². The first-order valence-electron chi connectivity index (χ1n) is 14.3. The number of aromatic nitrogens is 2. The summed E-state index contributed by atoms with van der Waals surface area (Å²) in [6, 6.07) is 0. The molecule has 3 rings (SSSR count). The van der Waals surface area contributed by atoms with Crippen molar-refractivity contribution in [1.29, 1.82) is 0 Å². The Hall–Kier alpha value is -2.00. The first-order valence-corrected chi connectivity index (χ1v) is 14.3. The van der Waals surface area contributed by atoms with Gasteiger partial charge in [-0.2, -0.15) is 0 Å². The van der Waals surface area contributed by atoms with Gasteiger partial charge in [0.15, 0.2) is 5.82 Å². The lowest BCUT2D eigenvalue weighted by atomic mass is 9.84. The summed E-state index contributed by atoms with van der Waals surface area (Å²) in [5.41, 5.74) is 5.29. The van der Waals surface area contributed by atoms with Crippen molar-refractivity contribution in [2.24, 2.45) is 17.8 Å². The molecule has 1 aromatic rings. The molecule has 1 heterocycles. The molecule has 2 aliphatic rings. The molecule has 2 aliphatic carbocycles. The number of rotatable bonds is 12. The minimum Gasteiger partial charge on any atom is -0.319 e. The van der Waals surface area contributed by atoms with E-state index in [1.807, 2.05) is 19.4 Å². The van der Waals surface area contributed by atoms with Crippen molar-refractivity contribution in [1.82, 2.24) is 15.3 Å². The summed E-state index contributed by atoms with van der Waals surface area (Å²) in [7, 11) is 2.00. The van der Waals surface area contributed by atoms with Crippen molar-refractivity contribution in [2.45, 2.75) is 97.8 Å². The molecule has 0 aliphatic heterocycles. The molecule has 3 atom stereocenters. The first-order chi connectivity index (χ1) is 17.1. The smallest absolute Gasteiger partial charge is 0.155 e. The maximum Gasteiger partial charge on any atom is 0.155 e. The number of hydrogen-bond acceptors (Lipinski definition) is 3. The van der Waals surface area contributed by atoms with E-state index >= 15 is 0 Å². The summed E-state index contributed by atoms with van der Waals surface area (Å²) in [5.74, 6) is 3.54. The molecule has 1 aromatic heterocycles. The van der Waals surface area contributed by atoms with Crippen LogP contribution < -0.4 is 5.32 Å². The van der Waals surface area contributed by atoms with Gasteiger partial charge in [0.1, 0.15) is 0 Å². The highest BCUT2D eigenvalue weighted by atomic mass is 14.9. The van der Waals surface area contributed by atoms with Crippen molar-refractivity contribution in [3.8, 4) is 0 Å². The quantitative estimate of drug-likeness (QED) is 0.244. The third-order valence-electron chi connectivity index (χ3n) is 8.12. The molecule has 192 valence electrons. The number of nitrogens with zero attached hydrogens (tertiary/aromatic N) is 2. The molecule has 0 amide bonds. The lowest BCUT2D eigenvalue weighted by molar-refractivity contribution is 0.314. The average molecular weight is 476 g/mol. The standard InChI is InChI=1S/C32H49N3/c1-5-9-27-10-7-12-30(18-16-27)25(3)14-15-26(6-2)22-29-23-34-32(35-24-29)31-13-8-11-28(17-19-31)20-21-33-4/h8,11,15,17,19,23-25,27,30,33H,5-7,9-10,12-14,16,18,20-22H2,1-4H3/b26-15+. The monoisotopic (exact) mass is 475 g/mol. The molecule has 35 heavy (non-hydrogen) atoms. The summed E-state index contributed by atoms with van der Waals surface area (Å²) in [6.45, 7) is 8.11. The van der Waals surface area contributed by atoms with E-state index in [4.69, 9.17) is 9.97 Å². The summed E-state index contributed by atoms with van der Waals surface area (Å²) >= 11 is 0. The van der Waals surface area contributed by atoms with Gasteiger partial charge in [-0.3, -0.25) is 0 Å². The second kappa shape index (κ2) is 15.2. The molecule has 0 spiro atoms. The molecule has 3 unspecified atom stereocenters. The van der Waals surface area contributed by atoms with Gasteiger partial charge in [0.2, 0.25) is 0 Å². The lowest BCUT2D eigenvalue weighted by Gasteiger charge is -2.22. The van der Waals surface area contributed by atoms with Crippen LogP contribution in [0.2, 0.25) is 0 Å². The van der Waals surface area contributed by atoms with E-state index in [1.54, 1.807) is 0 Å². The number of nitrogens with one attached hydrogen (secondary N) is 1. The highest BCUT2D eigenvalue weighted by Crippen LogP contribution is 2.35. The second-order valence-electron chi connectivity index (χ2n) is 10.8. The van der Waals surface area contributed by atoms with Gasteiger partial charge in [-0.05, 0) is 81.0 Å². The predicted molar refractivity (Wildman–Crippen MR) is 151 cm³/mol. The van der Waals surface area contributed by atoms with Gasteiger partial charge in [0, 0.05) is 18.0 Å².